The van der Waals surface area contributed by atoms with Crippen LogP contribution < -0.4 is 5.32 Å². The van der Waals surface area contributed by atoms with Crippen LogP contribution in [0.25, 0.3) is 0 Å². The van der Waals surface area contributed by atoms with Crippen molar-refractivity contribution in [1.29, 1.82) is 0 Å². The first-order valence-electron chi connectivity index (χ1n) is 5.85. The molecule has 0 radical (unpaired) electrons. The van der Waals surface area contributed by atoms with Gasteiger partial charge in [-0.1, -0.05) is 40.2 Å². The maximum absolute atomic E-state index is 9.93. The molecule has 0 aromatic heterocycles. The molecule has 2 aromatic rings. The first-order valence-corrected chi connectivity index (χ1v) is 6.64. The van der Waals surface area contributed by atoms with Gasteiger partial charge >= 0.3 is 0 Å². The summed E-state index contributed by atoms with van der Waals surface area (Å²) in [5.74, 6) is 0.371. The molecule has 0 atom stereocenters. The van der Waals surface area contributed by atoms with E-state index in [-0.39, 0.29) is 0 Å². The Labute approximate surface area is 116 Å². The Morgan fingerprint density at radius 1 is 1.11 bits per heavy atom. The van der Waals surface area contributed by atoms with Crippen LogP contribution in [0.3, 0.4) is 0 Å². The summed E-state index contributed by atoms with van der Waals surface area (Å²) >= 11 is 3.51. The number of nitrogens with one attached hydrogen (secondary N) is 1. The van der Waals surface area contributed by atoms with Gasteiger partial charge < -0.3 is 10.4 Å². The lowest BCUT2D eigenvalue weighted by Crippen LogP contribution is -2.00. The van der Waals surface area contributed by atoms with Crippen molar-refractivity contribution in [2.75, 3.05) is 5.32 Å². The summed E-state index contributed by atoms with van der Waals surface area (Å²) in [4.78, 5) is 0. The van der Waals surface area contributed by atoms with E-state index in [1.807, 2.05) is 37.3 Å². The highest BCUT2D eigenvalue weighted by Gasteiger charge is 2.03. The number of aromatic hydroxyl groups is 1. The third-order valence-electron chi connectivity index (χ3n) is 2.98. The van der Waals surface area contributed by atoms with Crippen molar-refractivity contribution in [1.82, 2.24) is 0 Å². The van der Waals surface area contributed by atoms with E-state index in [0.717, 1.165) is 21.3 Å². The first kappa shape index (κ1) is 13.0. The summed E-state index contributed by atoms with van der Waals surface area (Å²) in [6, 6.07) is 11.9. The molecule has 94 valence electrons. The highest BCUT2D eigenvalue weighted by atomic mass is 79.9. The van der Waals surface area contributed by atoms with Crippen LogP contribution in [0.5, 0.6) is 5.75 Å². The van der Waals surface area contributed by atoms with Gasteiger partial charge in [-0.25, -0.2) is 0 Å². The lowest BCUT2D eigenvalue weighted by molar-refractivity contribution is 0.465. The van der Waals surface area contributed by atoms with E-state index in [1.165, 1.54) is 5.56 Å². The predicted molar refractivity (Wildman–Crippen MR) is 79.0 cm³/mol. The van der Waals surface area contributed by atoms with Crippen LogP contribution in [0.2, 0.25) is 0 Å². The standard InChI is InChI=1S/C15H16BrNO/c1-10-6-7-13(8-14(10)16)17-9-12-5-3-4-11(2)15(12)18/h3-8,17-18H,9H2,1-2H3. The largest absolute Gasteiger partial charge is 0.507 e. The summed E-state index contributed by atoms with van der Waals surface area (Å²) in [7, 11) is 0. The number of phenols is 1. The molecule has 0 saturated carbocycles. The van der Waals surface area contributed by atoms with Gasteiger partial charge in [0.1, 0.15) is 5.75 Å². The maximum Gasteiger partial charge on any atom is 0.123 e. The van der Waals surface area contributed by atoms with Crippen LogP contribution in [0.4, 0.5) is 5.69 Å². The second-order valence-electron chi connectivity index (χ2n) is 4.40. The summed E-state index contributed by atoms with van der Waals surface area (Å²) in [5.41, 5.74) is 4.05. The fraction of sp³-hybridized carbons (Fsp3) is 0.200. The van der Waals surface area contributed by atoms with Crippen LogP contribution in [0.15, 0.2) is 40.9 Å². The smallest absolute Gasteiger partial charge is 0.123 e. The van der Waals surface area contributed by atoms with Gasteiger partial charge in [-0.2, -0.15) is 0 Å². The van der Waals surface area contributed by atoms with E-state index in [2.05, 4.69) is 34.2 Å². The van der Waals surface area contributed by atoms with Crippen molar-refractivity contribution in [2.45, 2.75) is 20.4 Å². The number of para-hydroxylation sites is 1. The van der Waals surface area contributed by atoms with Gasteiger partial charge in [-0.3, -0.25) is 0 Å². The zero-order valence-corrected chi connectivity index (χ0v) is 12.1. The van der Waals surface area contributed by atoms with E-state index in [1.54, 1.807) is 0 Å². The van der Waals surface area contributed by atoms with E-state index < -0.39 is 0 Å². The van der Waals surface area contributed by atoms with Gasteiger partial charge in [0, 0.05) is 22.3 Å². The number of rotatable bonds is 3. The molecular formula is C15H16BrNO. The third kappa shape index (κ3) is 2.85. The first-order chi connectivity index (χ1) is 8.58. The molecule has 0 fully saturated rings. The Balaban J connectivity index is 2.11. The molecule has 0 bridgehead atoms. The molecule has 2 nitrogen and oxygen atoms in total. The molecule has 0 aliphatic heterocycles. The minimum atomic E-state index is 0.371. The fourth-order valence-electron chi connectivity index (χ4n) is 1.76. The van der Waals surface area contributed by atoms with Gasteiger partial charge in [0.2, 0.25) is 0 Å². The number of hydrogen-bond donors (Lipinski definition) is 2. The van der Waals surface area contributed by atoms with Crippen molar-refractivity contribution in [3.63, 3.8) is 0 Å². The molecule has 0 saturated heterocycles. The summed E-state index contributed by atoms with van der Waals surface area (Å²) in [5, 5.41) is 13.2. The van der Waals surface area contributed by atoms with Crippen molar-refractivity contribution in [3.05, 3.63) is 57.6 Å². The SMILES string of the molecule is Cc1ccc(NCc2cccc(C)c2O)cc1Br. The van der Waals surface area contributed by atoms with Crippen LogP contribution in [-0.2, 0) is 6.54 Å². The Morgan fingerprint density at radius 2 is 1.89 bits per heavy atom. The normalized spacial score (nSPS) is 10.4. The highest BCUT2D eigenvalue weighted by molar-refractivity contribution is 9.10. The van der Waals surface area contributed by atoms with E-state index in [0.29, 0.717) is 12.3 Å². The molecule has 0 unspecified atom stereocenters. The maximum atomic E-state index is 9.93. The Hall–Kier alpha value is -1.48. The monoisotopic (exact) mass is 305 g/mol. The zero-order chi connectivity index (χ0) is 13.1. The Bertz CT molecular complexity index is 566. The molecular weight excluding hydrogens is 290 g/mol. The van der Waals surface area contributed by atoms with Gasteiger partial charge in [0.25, 0.3) is 0 Å². The topological polar surface area (TPSA) is 32.3 Å². The predicted octanol–water partition coefficient (Wildman–Crippen LogP) is 4.38. The molecule has 0 aliphatic rings. The number of halogens is 1. The van der Waals surface area contributed by atoms with Gasteiger partial charge in [0.15, 0.2) is 0 Å². The Kier molecular flexibility index (Phi) is 3.92. The number of hydrogen-bond acceptors (Lipinski definition) is 2. The minimum absolute atomic E-state index is 0.371. The van der Waals surface area contributed by atoms with Crippen LogP contribution in [0.1, 0.15) is 16.7 Å². The van der Waals surface area contributed by atoms with Crippen molar-refractivity contribution in [2.24, 2.45) is 0 Å². The molecule has 0 aliphatic carbocycles. The molecule has 3 heteroatoms. The van der Waals surface area contributed by atoms with Crippen molar-refractivity contribution < 1.29 is 5.11 Å². The fourth-order valence-corrected chi connectivity index (χ4v) is 2.14. The second-order valence-corrected chi connectivity index (χ2v) is 5.25. The lowest BCUT2D eigenvalue weighted by atomic mass is 10.1. The van der Waals surface area contributed by atoms with Crippen molar-refractivity contribution >= 4 is 21.6 Å². The van der Waals surface area contributed by atoms with Crippen molar-refractivity contribution in [3.8, 4) is 5.75 Å². The number of anilines is 1. The number of benzene rings is 2. The lowest BCUT2D eigenvalue weighted by Gasteiger charge is -2.10. The van der Waals surface area contributed by atoms with Crippen LogP contribution >= 0.6 is 15.9 Å². The third-order valence-corrected chi connectivity index (χ3v) is 3.83. The quantitative estimate of drug-likeness (QED) is 0.882. The van der Waals surface area contributed by atoms with Crippen LogP contribution in [0, 0.1) is 13.8 Å². The highest BCUT2D eigenvalue weighted by Crippen LogP contribution is 2.24. The van der Waals surface area contributed by atoms with E-state index >= 15 is 0 Å². The molecule has 0 spiro atoms. The number of phenolic OH excluding ortho intramolecular Hbond substituents is 1. The Morgan fingerprint density at radius 3 is 2.61 bits per heavy atom. The van der Waals surface area contributed by atoms with Gasteiger partial charge in [0.05, 0.1) is 0 Å². The van der Waals surface area contributed by atoms with E-state index in [9.17, 15) is 5.11 Å². The van der Waals surface area contributed by atoms with E-state index in [4.69, 9.17) is 0 Å². The minimum Gasteiger partial charge on any atom is -0.507 e. The second kappa shape index (κ2) is 5.44. The van der Waals surface area contributed by atoms with Crippen LogP contribution in [-0.4, -0.2) is 5.11 Å². The molecule has 2 N–H and O–H groups in total. The molecule has 0 amide bonds. The number of aryl methyl sites for hydroxylation is 2. The zero-order valence-electron chi connectivity index (χ0n) is 10.5. The van der Waals surface area contributed by atoms with Gasteiger partial charge in [-0.05, 0) is 37.1 Å². The molecule has 2 rings (SSSR count). The average molecular weight is 306 g/mol. The summed E-state index contributed by atoms with van der Waals surface area (Å²) < 4.78 is 1.08. The molecule has 2 aromatic carbocycles. The summed E-state index contributed by atoms with van der Waals surface area (Å²) in [6.07, 6.45) is 0. The molecule has 0 heterocycles. The van der Waals surface area contributed by atoms with Gasteiger partial charge in [-0.15, -0.1) is 0 Å². The average Bonchev–Trinajstić information content (AvgIpc) is 2.35. The molecule has 18 heavy (non-hydrogen) atoms. The summed E-state index contributed by atoms with van der Waals surface area (Å²) in [6.45, 7) is 4.57.